The van der Waals surface area contributed by atoms with Crippen molar-refractivity contribution in [1.82, 2.24) is 10.2 Å². The standard InChI is InChI=1S/C54H108N2/c1-2-4-6-8-10-12-14-18-24-30-36-42-48-54(49-43-37-31-25-19-15-13-11-9-7-5-3-1)56-52-46-40-34-28-22-16-20-26-32-38-44-50-55-51-45-39-33-27-21-17-23-29-35-41-47-53-56/h54-55H,1-53H2. The lowest BCUT2D eigenvalue weighted by molar-refractivity contribution is 0.163. The normalized spacial score (nSPS) is 25.1. The quantitative estimate of drug-likeness (QED) is 0.285. The summed E-state index contributed by atoms with van der Waals surface area (Å²) in [6.45, 7) is 5.27. The van der Waals surface area contributed by atoms with E-state index in [0.717, 1.165) is 6.04 Å². The average molecular weight is 785 g/mol. The molecule has 0 aromatic rings. The molecular weight excluding hydrogens is 677 g/mol. The van der Waals surface area contributed by atoms with Crippen molar-refractivity contribution in [3.63, 3.8) is 0 Å². The van der Waals surface area contributed by atoms with Crippen LogP contribution in [-0.4, -0.2) is 37.1 Å². The highest BCUT2D eigenvalue weighted by Crippen LogP contribution is 2.23. The van der Waals surface area contributed by atoms with Crippen LogP contribution in [-0.2, 0) is 0 Å². The average Bonchev–Trinajstić information content (AvgIpc) is 3.21. The van der Waals surface area contributed by atoms with Crippen molar-refractivity contribution in [3.05, 3.63) is 0 Å². The van der Waals surface area contributed by atoms with E-state index in [4.69, 9.17) is 0 Å². The van der Waals surface area contributed by atoms with E-state index in [2.05, 4.69) is 10.2 Å². The highest BCUT2D eigenvalue weighted by molar-refractivity contribution is 4.74. The molecule has 0 spiro atoms. The lowest BCUT2D eigenvalue weighted by Gasteiger charge is -2.32. The maximum absolute atomic E-state index is 3.71. The Labute approximate surface area is 355 Å². The highest BCUT2D eigenvalue weighted by atomic mass is 15.1. The lowest BCUT2D eigenvalue weighted by atomic mass is 9.97. The molecule has 2 fully saturated rings. The molecule has 2 nitrogen and oxygen atoms in total. The van der Waals surface area contributed by atoms with E-state index in [1.165, 1.54) is 341 Å². The van der Waals surface area contributed by atoms with Gasteiger partial charge in [-0.05, 0) is 64.7 Å². The second-order valence-corrected chi connectivity index (χ2v) is 19.6. The summed E-state index contributed by atoms with van der Waals surface area (Å²) in [5.74, 6) is 0. The smallest absolute Gasteiger partial charge is 0.00952 e. The molecule has 0 radical (unpaired) electrons. The van der Waals surface area contributed by atoms with Crippen molar-refractivity contribution in [2.45, 2.75) is 321 Å². The van der Waals surface area contributed by atoms with Gasteiger partial charge in [0.15, 0.2) is 0 Å². The minimum absolute atomic E-state index is 0.859. The van der Waals surface area contributed by atoms with Crippen molar-refractivity contribution in [1.29, 1.82) is 0 Å². The molecule has 1 aliphatic heterocycles. The van der Waals surface area contributed by atoms with Gasteiger partial charge in [0.05, 0.1) is 0 Å². The third-order valence-corrected chi connectivity index (χ3v) is 14.2. The van der Waals surface area contributed by atoms with E-state index in [1.807, 2.05) is 0 Å². The van der Waals surface area contributed by atoms with Crippen LogP contribution >= 0.6 is 0 Å². The van der Waals surface area contributed by atoms with Crippen LogP contribution in [0.15, 0.2) is 0 Å². The Hall–Kier alpha value is -0.0800. The van der Waals surface area contributed by atoms with Gasteiger partial charge in [0.1, 0.15) is 0 Å². The van der Waals surface area contributed by atoms with Gasteiger partial charge in [0.25, 0.3) is 0 Å². The number of hydrogen-bond donors (Lipinski definition) is 1. The van der Waals surface area contributed by atoms with Crippen molar-refractivity contribution in [3.8, 4) is 0 Å². The van der Waals surface area contributed by atoms with E-state index in [0.29, 0.717) is 0 Å². The molecule has 2 aliphatic rings. The fraction of sp³-hybridized carbons (Fsp3) is 1.00. The van der Waals surface area contributed by atoms with Crippen LogP contribution < -0.4 is 5.32 Å². The first-order chi connectivity index (χ1) is 28.0. The summed E-state index contributed by atoms with van der Waals surface area (Å²) in [4.78, 5) is 3.07. The van der Waals surface area contributed by atoms with Crippen LogP contribution in [0.2, 0.25) is 0 Å². The molecule has 0 atom stereocenters. The van der Waals surface area contributed by atoms with E-state index >= 15 is 0 Å². The largest absolute Gasteiger partial charge is 0.317 e. The number of nitrogens with zero attached hydrogens (tertiary/aromatic N) is 1. The van der Waals surface area contributed by atoms with E-state index < -0.39 is 0 Å². The van der Waals surface area contributed by atoms with Crippen LogP contribution in [0.5, 0.6) is 0 Å². The SMILES string of the molecule is C1CCCCCCCCCCCCCC(N2CCCCCCCCCCCCCNCCCCCCCCCCCCC2)CCCCCCCCCCCCC1. The monoisotopic (exact) mass is 785 g/mol. The molecule has 1 N–H and O–H groups in total. The Balaban J connectivity index is 1.83. The van der Waals surface area contributed by atoms with Gasteiger partial charge in [-0.3, -0.25) is 0 Å². The number of nitrogens with one attached hydrogen (secondary N) is 1. The maximum atomic E-state index is 3.71. The van der Waals surface area contributed by atoms with Gasteiger partial charge in [-0.1, -0.05) is 276 Å². The Morgan fingerprint density at radius 2 is 0.375 bits per heavy atom. The summed E-state index contributed by atoms with van der Waals surface area (Å²) >= 11 is 0. The van der Waals surface area contributed by atoms with Crippen molar-refractivity contribution in [2.75, 3.05) is 26.2 Å². The van der Waals surface area contributed by atoms with Crippen molar-refractivity contribution >= 4 is 0 Å². The fourth-order valence-corrected chi connectivity index (χ4v) is 10.2. The van der Waals surface area contributed by atoms with Gasteiger partial charge >= 0.3 is 0 Å². The Morgan fingerprint density at radius 1 is 0.196 bits per heavy atom. The number of rotatable bonds is 1. The molecule has 1 heterocycles. The molecule has 0 aromatic heterocycles. The molecular formula is C54H108N2. The zero-order valence-electron chi connectivity index (χ0n) is 39.0. The Bertz CT molecular complexity index is 605. The molecule has 2 heteroatoms. The van der Waals surface area contributed by atoms with Crippen LogP contribution in [0.1, 0.15) is 315 Å². The topological polar surface area (TPSA) is 15.3 Å². The summed E-state index contributed by atoms with van der Waals surface area (Å²) in [5.41, 5.74) is 0. The molecule has 334 valence electrons. The van der Waals surface area contributed by atoms with Gasteiger partial charge in [0, 0.05) is 6.04 Å². The van der Waals surface area contributed by atoms with E-state index in [-0.39, 0.29) is 0 Å². The second-order valence-electron chi connectivity index (χ2n) is 19.6. The fourth-order valence-electron chi connectivity index (χ4n) is 10.2. The molecule has 0 unspecified atom stereocenters. The zero-order valence-corrected chi connectivity index (χ0v) is 39.0. The Morgan fingerprint density at radius 3 is 0.607 bits per heavy atom. The number of hydrogen-bond acceptors (Lipinski definition) is 2. The van der Waals surface area contributed by atoms with Gasteiger partial charge in [-0.2, -0.15) is 0 Å². The van der Waals surface area contributed by atoms with Crippen molar-refractivity contribution in [2.24, 2.45) is 0 Å². The summed E-state index contributed by atoms with van der Waals surface area (Å²) in [6.07, 6.45) is 72.4. The first kappa shape index (κ1) is 52.1. The highest BCUT2D eigenvalue weighted by Gasteiger charge is 2.18. The van der Waals surface area contributed by atoms with Crippen LogP contribution in [0.25, 0.3) is 0 Å². The van der Waals surface area contributed by atoms with E-state index in [9.17, 15) is 0 Å². The van der Waals surface area contributed by atoms with Crippen LogP contribution in [0.4, 0.5) is 0 Å². The zero-order chi connectivity index (χ0) is 39.3. The summed E-state index contributed by atoms with van der Waals surface area (Å²) in [7, 11) is 0. The lowest BCUT2D eigenvalue weighted by Crippen LogP contribution is -2.37. The third-order valence-electron chi connectivity index (χ3n) is 14.2. The molecule has 1 saturated carbocycles. The van der Waals surface area contributed by atoms with Gasteiger partial charge in [0.2, 0.25) is 0 Å². The predicted octanol–water partition coefficient (Wildman–Crippen LogP) is 18.4. The first-order valence-electron chi connectivity index (χ1n) is 27.4. The Kier molecular flexibility index (Phi) is 41.3. The van der Waals surface area contributed by atoms with Crippen LogP contribution in [0.3, 0.4) is 0 Å². The second kappa shape index (κ2) is 44.5. The van der Waals surface area contributed by atoms with E-state index in [1.54, 1.807) is 0 Å². The van der Waals surface area contributed by atoms with Crippen molar-refractivity contribution < 1.29 is 0 Å². The van der Waals surface area contributed by atoms with Crippen LogP contribution in [0, 0.1) is 0 Å². The molecule has 0 aromatic carbocycles. The minimum atomic E-state index is 0.859. The minimum Gasteiger partial charge on any atom is -0.317 e. The molecule has 1 aliphatic carbocycles. The molecule has 1 saturated heterocycles. The molecule has 2 rings (SSSR count). The molecule has 0 bridgehead atoms. The summed E-state index contributed by atoms with van der Waals surface area (Å²) < 4.78 is 0. The summed E-state index contributed by atoms with van der Waals surface area (Å²) in [6, 6.07) is 0.859. The van der Waals surface area contributed by atoms with Gasteiger partial charge in [-0.25, -0.2) is 0 Å². The predicted molar refractivity (Wildman–Crippen MR) is 254 cm³/mol. The summed E-state index contributed by atoms with van der Waals surface area (Å²) in [5, 5.41) is 3.71. The van der Waals surface area contributed by atoms with Gasteiger partial charge in [-0.15, -0.1) is 0 Å². The van der Waals surface area contributed by atoms with Gasteiger partial charge < -0.3 is 10.2 Å². The first-order valence-corrected chi connectivity index (χ1v) is 27.4. The maximum Gasteiger partial charge on any atom is 0.00952 e. The molecule has 0 amide bonds. The molecule has 56 heavy (non-hydrogen) atoms. The third kappa shape index (κ3) is 37.0.